The Morgan fingerprint density at radius 1 is 1.10 bits per heavy atom. The first kappa shape index (κ1) is 18.9. The second kappa shape index (κ2) is 8.30. The van der Waals surface area contributed by atoms with Gasteiger partial charge in [-0.25, -0.2) is 4.68 Å². The molecular weight excluding hydrogens is 368 g/mol. The lowest BCUT2D eigenvalue weighted by Gasteiger charge is -2.32. The highest BCUT2D eigenvalue weighted by Crippen LogP contribution is 2.20. The zero-order valence-corrected chi connectivity index (χ0v) is 16.6. The van der Waals surface area contributed by atoms with Crippen LogP contribution < -0.4 is 9.64 Å². The fourth-order valence-corrected chi connectivity index (χ4v) is 3.35. The Morgan fingerprint density at radius 2 is 1.93 bits per heavy atom. The number of nitrogens with zero attached hydrogens (tertiary/aromatic N) is 6. The van der Waals surface area contributed by atoms with Gasteiger partial charge in [0.15, 0.2) is 5.82 Å². The maximum absolute atomic E-state index is 12.8. The van der Waals surface area contributed by atoms with Crippen LogP contribution in [0.4, 0.5) is 5.69 Å². The van der Waals surface area contributed by atoms with Gasteiger partial charge in [-0.1, -0.05) is 6.07 Å². The van der Waals surface area contributed by atoms with Gasteiger partial charge in [-0.3, -0.25) is 4.79 Å². The van der Waals surface area contributed by atoms with Crippen molar-refractivity contribution in [1.82, 2.24) is 24.9 Å². The molecule has 0 N–H and O–H groups in total. The smallest absolute Gasteiger partial charge is 0.253 e. The van der Waals surface area contributed by atoms with Gasteiger partial charge in [0.25, 0.3) is 5.91 Å². The van der Waals surface area contributed by atoms with Crippen molar-refractivity contribution in [2.45, 2.75) is 18.9 Å². The number of anilines is 1. The maximum Gasteiger partial charge on any atom is 0.253 e. The summed E-state index contributed by atoms with van der Waals surface area (Å²) in [6, 6.07) is 13.2. The van der Waals surface area contributed by atoms with Crippen LogP contribution in [0.15, 0.2) is 54.9 Å². The van der Waals surface area contributed by atoms with E-state index in [1.165, 1.54) is 0 Å². The van der Waals surface area contributed by atoms with Crippen LogP contribution >= 0.6 is 0 Å². The Balaban J connectivity index is 1.32. The van der Waals surface area contributed by atoms with E-state index in [1.807, 2.05) is 66.5 Å². The number of carbonyl (C=O) groups excluding carboxylic acids is 1. The molecule has 1 aliphatic heterocycles. The van der Waals surface area contributed by atoms with E-state index in [0.29, 0.717) is 24.8 Å². The van der Waals surface area contributed by atoms with Crippen molar-refractivity contribution in [3.63, 3.8) is 0 Å². The van der Waals surface area contributed by atoms with Gasteiger partial charge in [0.2, 0.25) is 5.88 Å². The summed E-state index contributed by atoms with van der Waals surface area (Å²) in [6.45, 7) is 1.32. The van der Waals surface area contributed by atoms with Crippen LogP contribution in [-0.4, -0.2) is 64.1 Å². The molecule has 1 saturated heterocycles. The normalized spacial score (nSPS) is 14.6. The molecule has 1 amide bonds. The predicted octanol–water partition coefficient (Wildman–Crippen LogP) is 2.41. The van der Waals surface area contributed by atoms with E-state index < -0.39 is 0 Å². The van der Waals surface area contributed by atoms with Crippen LogP contribution in [0, 0.1) is 0 Å². The van der Waals surface area contributed by atoms with Gasteiger partial charge in [0, 0.05) is 69.7 Å². The number of likely N-dealkylation sites (tertiary alicyclic amines) is 1. The molecule has 4 rings (SSSR count). The first-order chi connectivity index (χ1) is 14.1. The molecule has 0 spiro atoms. The standard InChI is InChI=1S/C21H24N6O2/c1-25(2)17-6-3-5-16(15-17)21(28)26-13-9-18(10-14-26)29-20-8-7-19(23-24-20)27-12-4-11-22-27/h3-8,11-12,15,18H,9-10,13-14H2,1-2H3. The van der Waals surface area contributed by atoms with Gasteiger partial charge in [-0.15, -0.1) is 10.2 Å². The third-order valence-corrected chi connectivity index (χ3v) is 4.99. The lowest BCUT2D eigenvalue weighted by atomic mass is 10.1. The van der Waals surface area contributed by atoms with Crippen LogP contribution in [0.1, 0.15) is 23.2 Å². The highest BCUT2D eigenvalue weighted by Gasteiger charge is 2.25. The molecule has 1 fully saturated rings. The molecule has 3 heterocycles. The van der Waals surface area contributed by atoms with Gasteiger partial charge in [-0.2, -0.15) is 5.10 Å². The van der Waals surface area contributed by atoms with E-state index in [0.717, 1.165) is 24.1 Å². The Bertz CT molecular complexity index is 948. The molecule has 8 heteroatoms. The number of hydrogen-bond donors (Lipinski definition) is 0. The summed E-state index contributed by atoms with van der Waals surface area (Å²) < 4.78 is 7.61. The molecule has 0 radical (unpaired) electrons. The molecule has 150 valence electrons. The Hall–Kier alpha value is -3.42. The second-order valence-corrected chi connectivity index (χ2v) is 7.23. The molecule has 3 aromatic rings. The quantitative estimate of drug-likeness (QED) is 0.664. The molecule has 0 atom stereocenters. The topological polar surface area (TPSA) is 76.4 Å². The highest BCUT2D eigenvalue weighted by atomic mass is 16.5. The summed E-state index contributed by atoms with van der Waals surface area (Å²) in [4.78, 5) is 16.7. The number of hydrogen-bond acceptors (Lipinski definition) is 6. The maximum atomic E-state index is 12.8. The second-order valence-electron chi connectivity index (χ2n) is 7.23. The summed E-state index contributed by atoms with van der Waals surface area (Å²) in [6.07, 6.45) is 5.06. The Labute approximate surface area is 169 Å². The predicted molar refractivity (Wildman–Crippen MR) is 109 cm³/mol. The number of amides is 1. The summed E-state index contributed by atoms with van der Waals surface area (Å²) in [5.41, 5.74) is 1.74. The lowest BCUT2D eigenvalue weighted by molar-refractivity contribution is 0.0586. The number of piperidine rings is 1. The molecular formula is C21H24N6O2. The van der Waals surface area contributed by atoms with Crippen molar-refractivity contribution >= 4 is 11.6 Å². The first-order valence-corrected chi connectivity index (χ1v) is 9.67. The molecule has 2 aromatic heterocycles. The molecule has 0 unspecified atom stereocenters. The minimum absolute atomic E-state index is 0.0250. The van der Waals surface area contributed by atoms with Crippen molar-refractivity contribution < 1.29 is 9.53 Å². The van der Waals surface area contributed by atoms with E-state index in [9.17, 15) is 4.79 Å². The van der Waals surface area contributed by atoms with Crippen molar-refractivity contribution in [3.05, 3.63) is 60.4 Å². The zero-order valence-electron chi connectivity index (χ0n) is 16.6. The summed E-state index contributed by atoms with van der Waals surface area (Å²) in [5.74, 6) is 1.20. The van der Waals surface area contributed by atoms with Gasteiger partial charge in [-0.05, 0) is 30.3 Å². The minimum atomic E-state index is 0.0250. The SMILES string of the molecule is CN(C)c1cccc(C(=O)N2CCC(Oc3ccc(-n4cccn4)nn3)CC2)c1. The van der Waals surface area contributed by atoms with E-state index in [4.69, 9.17) is 4.74 Å². The minimum Gasteiger partial charge on any atom is -0.473 e. The van der Waals surface area contributed by atoms with Crippen molar-refractivity contribution in [2.75, 3.05) is 32.1 Å². The molecule has 8 nitrogen and oxygen atoms in total. The average molecular weight is 392 g/mol. The van der Waals surface area contributed by atoms with Gasteiger partial charge >= 0.3 is 0 Å². The van der Waals surface area contributed by atoms with Crippen molar-refractivity contribution in [3.8, 4) is 11.7 Å². The Morgan fingerprint density at radius 3 is 2.59 bits per heavy atom. The van der Waals surface area contributed by atoms with Crippen LogP contribution in [0.2, 0.25) is 0 Å². The fourth-order valence-electron chi connectivity index (χ4n) is 3.35. The number of aromatic nitrogens is 4. The van der Waals surface area contributed by atoms with Gasteiger partial charge < -0.3 is 14.5 Å². The monoisotopic (exact) mass is 392 g/mol. The van der Waals surface area contributed by atoms with Crippen LogP contribution in [0.3, 0.4) is 0 Å². The summed E-state index contributed by atoms with van der Waals surface area (Å²) in [7, 11) is 3.94. The van der Waals surface area contributed by atoms with E-state index in [2.05, 4.69) is 15.3 Å². The first-order valence-electron chi connectivity index (χ1n) is 9.67. The summed E-state index contributed by atoms with van der Waals surface area (Å²) >= 11 is 0. The van der Waals surface area contributed by atoms with Crippen LogP contribution in [0.5, 0.6) is 5.88 Å². The van der Waals surface area contributed by atoms with E-state index in [1.54, 1.807) is 16.9 Å². The third kappa shape index (κ3) is 4.37. The average Bonchev–Trinajstić information content (AvgIpc) is 3.29. The molecule has 1 aliphatic rings. The zero-order chi connectivity index (χ0) is 20.2. The van der Waals surface area contributed by atoms with Gasteiger partial charge in [0.05, 0.1) is 0 Å². The third-order valence-electron chi connectivity index (χ3n) is 4.99. The molecule has 0 aliphatic carbocycles. The molecule has 29 heavy (non-hydrogen) atoms. The number of rotatable bonds is 5. The Kier molecular flexibility index (Phi) is 5.41. The number of ether oxygens (including phenoxy) is 1. The summed E-state index contributed by atoms with van der Waals surface area (Å²) in [5, 5.41) is 12.4. The lowest BCUT2D eigenvalue weighted by Crippen LogP contribution is -2.41. The van der Waals surface area contributed by atoms with Crippen LogP contribution in [-0.2, 0) is 0 Å². The molecule has 0 bridgehead atoms. The number of carbonyl (C=O) groups is 1. The molecule has 1 aromatic carbocycles. The van der Waals surface area contributed by atoms with Gasteiger partial charge in [0.1, 0.15) is 6.10 Å². The van der Waals surface area contributed by atoms with E-state index in [-0.39, 0.29) is 12.0 Å². The fraction of sp³-hybridized carbons (Fsp3) is 0.333. The van der Waals surface area contributed by atoms with Crippen molar-refractivity contribution in [1.29, 1.82) is 0 Å². The van der Waals surface area contributed by atoms with E-state index >= 15 is 0 Å². The largest absolute Gasteiger partial charge is 0.473 e. The van der Waals surface area contributed by atoms with Crippen LogP contribution in [0.25, 0.3) is 5.82 Å². The molecule has 0 saturated carbocycles. The van der Waals surface area contributed by atoms with Crippen molar-refractivity contribution in [2.24, 2.45) is 0 Å². The number of benzene rings is 1. The highest BCUT2D eigenvalue weighted by molar-refractivity contribution is 5.95.